The number of hydrogen-bond donors (Lipinski definition) is 1. The monoisotopic (exact) mass is 562 g/mol. The van der Waals surface area contributed by atoms with Crippen molar-refractivity contribution in [3.05, 3.63) is 130 Å². The third kappa shape index (κ3) is 7.54. The quantitative estimate of drug-likeness (QED) is 0.224. The first kappa shape index (κ1) is 28.0. The molecule has 4 rings (SSSR count). The SMILES string of the molecule is Cc1ccc(NC(=O)OCC(=O)c2ccc(S(=O)(=O)N(Cc3ccccc3)Cc3ccccc3)cc2)cc1Cl. The molecule has 0 saturated carbocycles. The van der Waals surface area contributed by atoms with E-state index in [0.29, 0.717) is 10.7 Å². The van der Waals surface area contributed by atoms with Crippen molar-refractivity contribution in [2.45, 2.75) is 24.9 Å². The van der Waals surface area contributed by atoms with E-state index in [4.69, 9.17) is 16.3 Å². The molecule has 0 atom stereocenters. The summed E-state index contributed by atoms with van der Waals surface area (Å²) in [6.07, 6.45) is -0.806. The van der Waals surface area contributed by atoms with Gasteiger partial charge in [-0.15, -0.1) is 0 Å². The lowest BCUT2D eigenvalue weighted by Crippen LogP contribution is -2.30. The smallest absolute Gasteiger partial charge is 0.412 e. The Kier molecular flexibility index (Phi) is 9.14. The van der Waals surface area contributed by atoms with Gasteiger partial charge in [0.15, 0.2) is 12.4 Å². The molecule has 0 fully saturated rings. The van der Waals surface area contributed by atoms with E-state index in [-0.39, 0.29) is 23.5 Å². The summed E-state index contributed by atoms with van der Waals surface area (Å²) in [7, 11) is -3.89. The molecule has 0 bridgehead atoms. The molecule has 200 valence electrons. The van der Waals surface area contributed by atoms with E-state index in [1.807, 2.05) is 67.6 Å². The Hall–Kier alpha value is -3.98. The van der Waals surface area contributed by atoms with Gasteiger partial charge in [-0.2, -0.15) is 4.31 Å². The van der Waals surface area contributed by atoms with Gasteiger partial charge in [-0.1, -0.05) is 78.3 Å². The zero-order valence-corrected chi connectivity index (χ0v) is 22.8. The van der Waals surface area contributed by atoms with Crippen molar-refractivity contribution in [1.29, 1.82) is 0 Å². The van der Waals surface area contributed by atoms with E-state index < -0.39 is 28.5 Å². The highest BCUT2D eigenvalue weighted by Crippen LogP contribution is 2.23. The standard InChI is InChI=1S/C30H27ClN2O5S/c1-22-12-15-26(18-28(22)31)32-30(35)38-21-29(34)25-13-16-27(17-14-25)39(36,37)33(19-23-8-4-2-5-9-23)20-24-10-6-3-7-11-24/h2-18H,19-21H2,1H3,(H,32,35). The zero-order chi connectivity index (χ0) is 27.8. The molecule has 4 aromatic rings. The molecular formula is C30H27ClN2O5S. The van der Waals surface area contributed by atoms with Crippen LogP contribution in [0, 0.1) is 6.92 Å². The molecule has 9 heteroatoms. The van der Waals surface area contributed by atoms with E-state index in [9.17, 15) is 18.0 Å². The fourth-order valence-corrected chi connectivity index (χ4v) is 5.40. The van der Waals surface area contributed by atoms with Crippen LogP contribution in [-0.2, 0) is 27.8 Å². The minimum atomic E-state index is -3.89. The number of ether oxygens (including phenoxy) is 1. The predicted octanol–water partition coefficient (Wildman–Crippen LogP) is 6.47. The maximum absolute atomic E-state index is 13.6. The number of aryl methyl sites for hydroxylation is 1. The lowest BCUT2D eigenvalue weighted by Gasteiger charge is -2.23. The van der Waals surface area contributed by atoms with Crippen LogP contribution >= 0.6 is 11.6 Å². The number of nitrogens with one attached hydrogen (secondary N) is 1. The number of carbonyl (C=O) groups is 2. The van der Waals surface area contributed by atoms with Gasteiger partial charge in [-0.25, -0.2) is 13.2 Å². The van der Waals surface area contributed by atoms with Gasteiger partial charge in [-0.05, 0) is 60.0 Å². The van der Waals surface area contributed by atoms with Crippen LogP contribution in [0.5, 0.6) is 0 Å². The fourth-order valence-electron chi connectivity index (χ4n) is 3.80. The van der Waals surface area contributed by atoms with Gasteiger partial charge < -0.3 is 4.74 Å². The molecule has 0 heterocycles. The molecule has 0 aliphatic heterocycles. The largest absolute Gasteiger partial charge is 0.441 e. The van der Waals surface area contributed by atoms with Crippen LogP contribution in [0.1, 0.15) is 27.0 Å². The second-order valence-corrected chi connectivity index (χ2v) is 11.2. The lowest BCUT2D eigenvalue weighted by atomic mass is 10.1. The Labute approximate surface area is 233 Å². The van der Waals surface area contributed by atoms with E-state index in [1.165, 1.54) is 28.6 Å². The van der Waals surface area contributed by atoms with Gasteiger partial charge in [-0.3, -0.25) is 10.1 Å². The van der Waals surface area contributed by atoms with Crippen molar-refractivity contribution in [3.63, 3.8) is 0 Å². The van der Waals surface area contributed by atoms with Crippen LogP contribution in [0.4, 0.5) is 10.5 Å². The number of amides is 1. The molecule has 0 aromatic heterocycles. The Morgan fingerprint density at radius 3 is 1.92 bits per heavy atom. The van der Waals surface area contributed by atoms with Gasteiger partial charge in [0.25, 0.3) is 0 Å². The van der Waals surface area contributed by atoms with Crippen molar-refractivity contribution < 1.29 is 22.7 Å². The Balaban J connectivity index is 1.43. The molecule has 4 aromatic carbocycles. The van der Waals surface area contributed by atoms with E-state index in [2.05, 4.69) is 5.32 Å². The highest BCUT2D eigenvalue weighted by Gasteiger charge is 2.25. The molecule has 1 N–H and O–H groups in total. The molecule has 0 aliphatic carbocycles. The number of rotatable bonds is 10. The van der Waals surface area contributed by atoms with Gasteiger partial charge in [0.1, 0.15) is 0 Å². The van der Waals surface area contributed by atoms with Gasteiger partial charge in [0.05, 0.1) is 4.90 Å². The van der Waals surface area contributed by atoms with Crippen molar-refractivity contribution in [3.8, 4) is 0 Å². The van der Waals surface area contributed by atoms with E-state index >= 15 is 0 Å². The highest BCUT2D eigenvalue weighted by atomic mass is 35.5. The molecule has 0 unspecified atom stereocenters. The van der Waals surface area contributed by atoms with E-state index in [1.54, 1.807) is 18.2 Å². The van der Waals surface area contributed by atoms with Crippen molar-refractivity contribution in [1.82, 2.24) is 4.31 Å². The van der Waals surface area contributed by atoms with Gasteiger partial charge >= 0.3 is 6.09 Å². The Morgan fingerprint density at radius 1 is 0.821 bits per heavy atom. The predicted molar refractivity (Wildman–Crippen MR) is 151 cm³/mol. The van der Waals surface area contributed by atoms with Crippen molar-refractivity contribution >= 4 is 39.2 Å². The van der Waals surface area contributed by atoms with Crippen molar-refractivity contribution in [2.75, 3.05) is 11.9 Å². The van der Waals surface area contributed by atoms with Crippen LogP contribution in [0.3, 0.4) is 0 Å². The van der Waals surface area contributed by atoms with Crippen LogP contribution in [0.2, 0.25) is 5.02 Å². The number of ketones is 1. The number of sulfonamides is 1. The van der Waals surface area contributed by atoms with Gasteiger partial charge in [0.2, 0.25) is 10.0 Å². The topological polar surface area (TPSA) is 92.8 Å². The number of halogens is 1. The second kappa shape index (κ2) is 12.7. The van der Waals surface area contributed by atoms with Crippen molar-refractivity contribution in [2.24, 2.45) is 0 Å². The summed E-state index contributed by atoms with van der Waals surface area (Å²) in [5.74, 6) is -0.471. The van der Waals surface area contributed by atoms with Crippen LogP contribution < -0.4 is 5.32 Å². The molecular weight excluding hydrogens is 536 g/mol. The summed E-state index contributed by atoms with van der Waals surface area (Å²) < 4.78 is 33.7. The highest BCUT2D eigenvalue weighted by molar-refractivity contribution is 7.89. The molecule has 0 aliphatic rings. The average Bonchev–Trinajstić information content (AvgIpc) is 2.94. The lowest BCUT2D eigenvalue weighted by molar-refractivity contribution is 0.0863. The second-order valence-electron chi connectivity index (χ2n) is 8.86. The van der Waals surface area contributed by atoms with Crippen LogP contribution in [-0.4, -0.2) is 31.2 Å². The summed E-state index contributed by atoms with van der Waals surface area (Å²) in [5.41, 5.74) is 3.23. The molecule has 39 heavy (non-hydrogen) atoms. The maximum atomic E-state index is 13.6. The summed E-state index contributed by atoms with van der Waals surface area (Å²) in [6.45, 7) is 1.71. The zero-order valence-electron chi connectivity index (χ0n) is 21.2. The first-order valence-electron chi connectivity index (χ1n) is 12.1. The summed E-state index contributed by atoms with van der Waals surface area (Å²) >= 11 is 6.06. The summed E-state index contributed by atoms with van der Waals surface area (Å²) in [6, 6.07) is 29.3. The molecule has 7 nitrogen and oxygen atoms in total. The first-order valence-corrected chi connectivity index (χ1v) is 14.0. The number of anilines is 1. The normalized spacial score (nSPS) is 11.3. The Morgan fingerprint density at radius 2 is 1.38 bits per heavy atom. The third-order valence-corrected chi connectivity index (χ3v) is 8.18. The minimum absolute atomic E-state index is 0.0563. The molecule has 0 spiro atoms. The van der Waals surface area contributed by atoms with Crippen LogP contribution in [0.15, 0.2) is 108 Å². The maximum Gasteiger partial charge on any atom is 0.412 e. The van der Waals surface area contributed by atoms with Crippen LogP contribution in [0.25, 0.3) is 0 Å². The third-order valence-electron chi connectivity index (χ3n) is 5.97. The first-order chi connectivity index (χ1) is 18.7. The number of hydrogen-bond acceptors (Lipinski definition) is 5. The number of Topliss-reactive ketones (excluding diaryl/α,β-unsaturated/α-hetero) is 1. The molecule has 1 amide bonds. The Bertz CT molecular complexity index is 1500. The number of nitrogens with zero attached hydrogens (tertiary/aromatic N) is 1. The molecule has 0 radical (unpaired) electrons. The summed E-state index contributed by atoms with van der Waals surface area (Å²) in [4.78, 5) is 24.7. The summed E-state index contributed by atoms with van der Waals surface area (Å²) in [5, 5.41) is 3.01. The van der Waals surface area contributed by atoms with Gasteiger partial charge in [0, 0.05) is 29.4 Å². The minimum Gasteiger partial charge on any atom is -0.441 e. The fraction of sp³-hybridized carbons (Fsp3) is 0.133. The average molecular weight is 563 g/mol. The molecule has 0 saturated heterocycles. The number of carbonyl (C=O) groups excluding carboxylic acids is 2. The number of benzene rings is 4. The van der Waals surface area contributed by atoms with E-state index in [0.717, 1.165) is 16.7 Å².